The number of benzene rings is 3. The molecule has 0 saturated carbocycles. The minimum Gasteiger partial charge on any atom is -0.496 e. The van der Waals surface area contributed by atoms with E-state index < -0.39 is 29.9 Å². The van der Waals surface area contributed by atoms with E-state index in [0.29, 0.717) is 11.3 Å². The largest absolute Gasteiger partial charge is 0.496 e. The Bertz CT molecular complexity index is 1400. The van der Waals surface area contributed by atoms with Gasteiger partial charge in [-0.1, -0.05) is 60.7 Å². The van der Waals surface area contributed by atoms with Crippen molar-refractivity contribution >= 4 is 28.7 Å². The Balaban J connectivity index is 1.60. The minimum absolute atomic E-state index is 0.0906. The molecule has 0 bridgehead atoms. The number of hydrogen-bond donors (Lipinski definition) is 3. The number of nitrogens with zero attached hydrogens (tertiary/aromatic N) is 1. The molecule has 0 aliphatic carbocycles. The van der Waals surface area contributed by atoms with Crippen LogP contribution in [0.3, 0.4) is 0 Å². The van der Waals surface area contributed by atoms with Crippen molar-refractivity contribution in [3.8, 4) is 5.75 Å². The van der Waals surface area contributed by atoms with Crippen molar-refractivity contribution in [1.82, 2.24) is 15.2 Å². The molecule has 3 aromatic carbocycles. The first-order chi connectivity index (χ1) is 17.9. The van der Waals surface area contributed by atoms with Crippen molar-refractivity contribution in [1.29, 1.82) is 0 Å². The van der Waals surface area contributed by atoms with Gasteiger partial charge in [-0.3, -0.25) is 9.59 Å². The third kappa shape index (κ3) is 5.81. The van der Waals surface area contributed by atoms with E-state index in [1.54, 1.807) is 30.5 Å². The monoisotopic (exact) mass is 499 g/mol. The summed E-state index contributed by atoms with van der Waals surface area (Å²) in [6.45, 7) is 0. The van der Waals surface area contributed by atoms with Gasteiger partial charge in [0.05, 0.1) is 12.7 Å². The molecule has 0 saturated heterocycles. The lowest BCUT2D eigenvalue weighted by molar-refractivity contribution is -0.142. The zero-order valence-corrected chi connectivity index (χ0v) is 20.7. The number of ether oxygens (including phenoxy) is 1. The Morgan fingerprint density at radius 1 is 0.946 bits per heavy atom. The maximum Gasteiger partial charge on any atom is 0.326 e. The highest BCUT2D eigenvalue weighted by molar-refractivity contribution is 6.00. The first kappa shape index (κ1) is 25.5. The van der Waals surface area contributed by atoms with Crippen LogP contribution in [0.2, 0.25) is 0 Å². The van der Waals surface area contributed by atoms with E-state index in [2.05, 4.69) is 10.3 Å². The molecule has 2 amide bonds. The van der Waals surface area contributed by atoms with Gasteiger partial charge in [0.2, 0.25) is 5.91 Å². The van der Waals surface area contributed by atoms with Gasteiger partial charge in [0.1, 0.15) is 17.8 Å². The number of aromatic nitrogens is 1. The second-order valence-corrected chi connectivity index (χ2v) is 8.78. The molecule has 0 spiro atoms. The van der Waals surface area contributed by atoms with Gasteiger partial charge in [0, 0.05) is 37.0 Å². The van der Waals surface area contributed by atoms with Gasteiger partial charge >= 0.3 is 5.97 Å². The van der Waals surface area contributed by atoms with Crippen LogP contribution < -0.4 is 10.1 Å². The lowest BCUT2D eigenvalue weighted by Crippen LogP contribution is -2.53. The maximum absolute atomic E-state index is 13.6. The van der Waals surface area contributed by atoms with Gasteiger partial charge in [-0.25, -0.2) is 4.79 Å². The van der Waals surface area contributed by atoms with Crippen LogP contribution in [0.5, 0.6) is 5.75 Å². The van der Waals surface area contributed by atoms with Gasteiger partial charge in [-0.15, -0.1) is 0 Å². The highest BCUT2D eigenvalue weighted by Gasteiger charge is 2.32. The molecule has 1 aromatic heterocycles. The number of carbonyl (C=O) groups is 3. The number of amides is 2. The quantitative estimate of drug-likeness (QED) is 0.308. The summed E-state index contributed by atoms with van der Waals surface area (Å²) in [5, 5.41) is 13.5. The van der Waals surface area contributed by atoms with E-state index in [1.165, 1.54) is 19.1 Å². The molecule has 1 heterocycles. The van der Waals surface area contributed by atoms with Crippen LogP contribution in [-0.2, 0) is 22.4 Å². The summed E-state index contributed by atoms with van der Waals surface area (Å²) in [5.41, 5.74) is 2.82. The van der Waals surface area contributed by atoms with Crippen LogP contribution in [0.15, 0.2) is 85.1 Å². The first-order valence-corrected chi connectivity index (χ1v) is 11.9. The van der Waals surface area contributed by atoms with Crippen LogP contribution in [0, 0.1) is 0 Å². The Morgan fingerprint density at radius 3 is 2.35 bits per heavy atom. The molecule has 0 aliphatic rings. The number of aliphatic carboxylic acids is 1. The van der Waals surface area contributed by atoms with Crippen LogP contribution >= 0.6 is 0 Å². The summed E-state index contributed by atoms with van der Waals surface area (Å²) in [7, 11) is 3.01. The predicted molar refractivity (Wildman–Crippen MR) is 141 cm³/mol. The smallest absolute Gasteiger partial charge is 0.326 e. The number of carbonyl (C=O) groups excluding carboxylic acids is 2. The Kier molecular flexibility index (Phi) is 7.88. The molecule has 37 heavy (non-hydrogen) atoms. The number of carboxylic acids is 1. The number of methoxy groups -OCH3 is 1. The molecule has 2 atom stereocenters. The van der Waals surface area contributed by atoms with Gasteiger partial charge in [0.25, 0.3) is 5.91 Å². The molecule has 190 valence electrons. The van der Waals surface area contributed by atoms with E-state index in [1.807, 2.05) is 54.6 Å². The summed E-state index contributed by atoms with van der Waals surface area (Å²) >= 11 is 0. The Labute approximate surface area is 214 Å². The van der Waals surface area contributed by atoms with Gasteiger partial charge in [0.15, 0.2) is 0 Å². The molecular formula is C29H29N3O5. The summed E-state index contributed by atoms with van der Waals surface area (Å²) < 4.78 is 5.34. The number of likely N-dealkylation sites (N-methyl/N-ethyl adjacent to an activating group) is 1. The molecule has 8 nitrogen and oxygen atoms in total. The van der Waals surface area contributed by atoms with Crippen LogP contribution in [0.1, 0.15) is 21.5 Å². The normalized spacial score (nSPS) is 12.5. The molecule has 0 fully saturated rings. The zero-order chi connectivity index (χ0) is 26.4. The third-order valence-electron chi connectivity index (χ3n) is 6.41. The number of carboxylic acid groups (broad SMARTS) is 1. The molecule has 8 heteroatoms. The van der Waals surface area contributed by atoms with Crippen LogP contribution in [0.25, 0.3) is 10.9 Å². The fraction of sp³-hybridized carbons (Fsp3) is 0.207. The highest BCUT2D eigenvalue weighted by Crippen LogP contribution is 2.22. The van der Waals surface area contributed by atoms with E-state index in [4.69, 9.17) is 4.74 Å². The van der Waals surface area contributed by atoms with Crippen LogP contribution in [-0.4, -0.2) is 59.0 Å². The zero-order valence-electron chi connectivity index (χ0n) is 20.7. The third-order valence-corrected chi connectivity index (χ3v) is 6.41. The number of para-hydroxylation sites is 2. The van der Waals surface area contributed by atoms with E-state index in [-0.39, 0.29) is 12.8 Å². The lowest BCUT2D eigenvalue weighted by Gasteiger charge is -2.29. The first-order valence-electron chi connectivity index (χ1n) is 11.9. The summed E-state index contributed by atoms with van der Waals surface area (Å²) in [5.74, 6) is -1.73. The number of fused-ring (bicyclic) bond motifs is 1. The standard InChI is InChI=1S/C29H29N3O5/c1-32(28(34)22-13-7-9-15-26(22)37-2)25(16-19-10-4-3-5-11-19)27(33)31-24(29(35)36)17-20-18-30-23-14-8-6-12-21(20)23/h3-15,18,24-25,30H,16-17H2,1-2H3,(H,31,33)(H,35,36)/t24-,25-/m0/s1. The van der Waals surface area contributed by atoms with Gasteiger partial charge in [-0.2, -0.15) is 0 Å². The average Bonchev–Trinajstić information content (AvgIpc) is 3.33. The minimum atomic E-state index is -1.18. The van der Waals surface area contributed by atoms with Crippen LogP contribution in [0.4, 0.5) is 0 Å². The molecule has 0 unspecified atom stereocenters. The average molecular weight is 500 g/mol. The topological polar surface area (TPSA) is 112 Å². The Hall–Kier alpha value is -4.59. The maximum atomic E-state index is 13.6. The number of H-pyrrole nitrogens is 1. The lowest BCUT2D eigenvalue weighted by atomic mass is 10.0. The van der Waals surface area contributed by atoms with Crippen molar-refractivity contribution in [3.63, 3.8) is 0 Å². The molecule has 0 aliphatic heterocycles. The number of aromatic amines is 1. The molecule has 4 aromatic rings. The van der Waals surface area contributed by atoms with Gasteiger partial charge < -0.3 is 25.0 Å². The molecule has 3 N–H and O–H groups in total. The van der Waals surface area contributed by atoms with Crippen molar-refractivity contribution < 1.29 is 24.2 Å². The second-order valence-electron chi connectivity index (χ2n) is 8.78. The second kappa shape index (κ2) is 11.4. The van der Waals surface area contributed by atoms with E-state index >= 15 is 0 Å². The number of hydrogen-bond acceptors (Lipinski definition) is 4. The highest BCUT2D eigenvalue weighted by atomic mass is 16.5. The number of nitrogens with one attached hydrogen (secondary N) is 2. The van der Waals surface area contributed by atoms with Crippen molar-refractivity contribution in [2.45, 2.75) is 24.9 Å². The summed E-state index contributed by atoms with van der Waals surface area (Å²) in [6, 6.07) is 21.5. The molecule has 0 radical (unpaired) electrons. The summed E-state index contributed by atoms with van der Waals surface area (Å²) in [4.78, 5) is 43.6. The van der Waals surface area contributed by atoms with Crippen molar-refractivity contribution in [2.75, 3.05) is 14.2 Å². The van der Waals surface area contributed by atoms with E-state index in [0.717, 1.165) is 22.0 Å². The molecule has 4 rings (SSSR count). The Morgan fingerprint density at radius 2 is 1.62 bits per heavy atom. The van der Waals surface area contributed by atoms with E-state index in [9.17, 15) is 19.5 Å². The van der Waals surface area contributed by atoms with Gasteiger partial charge in [-0.05, 0) is 29.3 Å². The predicted octanol–water partition coefficient (Wildman–Crippen LogP) is 3.67. The fourth-order valence-corrected chi connectivity index (χ4v) is 4.38. The van der Waals surface area contributed by atoms with Crippen molar-refractivity contribution in [3.05, 3.63) is 102 Å². The number of rotatable bonds is 10. The SMILES string of the molecule is COc1ccccc1C(=O)N(C)[C@@H](Cc1ccccc1)C(=O)N[C@@H](Cc1c[nH]c2ccccc12)C(=O)O. The molecular weight excluding hydrogens is 470 g/mol. The fourth-order valence-electron chi connectivity index (χ4n) is 4.38. The van der Waals surface area contributed by atoms with Crippen molar-refractivity contribution in [2.24, 2.45) is 0 Å². The summed E-state index contributed by atoms with van der Waals surface area (Å²) in [6.07, 6.45) is 2.06.